The Balaban J connectivity index is 2.37. The Bertz CT molecular complexity index is 302. The highest BCUT2D eigenvalue weighted by atomic mass is 16.5. The zero-order chi connectivity index (χ0) is 12.0. The number of hydrogen-bond acceptors (Lipinski definition) is 4. The monoisotopic (exact) mass is 227 g/mol. The summed E-state index contributed by atoms with van der Waals surface area (Å²) in [6.45, 7) is 1.18. The number of methoxy groups -OCH3 is 1. The molecule has 2 amide bonds. The van der Waals surface area contributed by atoms with E-state index in [1.54, 1.807) is 14.2 Å². The van der Waals surface area contributed by atoms with Crippen LogP contribution in [0.5, 0.6) is 0 Å². The third-order valence-corrected chi connectivity index (χ3v) is 2.28. The summed E-state index contributed by atoms with van der Waals surface area (Å²) in [6.07, 6.45) is 1.53. The molecule has 0 saturated carbocycles. The first kappa shape index (κ1) is 12.6. The van der Waals surface area contributed by atoms with Gasteiger partial charge in [0.2, 0.25) is 5.91 Å². The molecule has 1 rings (SSSR count). The average molecular weight is 227 g/mol. The lowest BCUT2D eigenvalue weighted by molar-refractivity contribution is -0.130. The third-order valence-electron chi connectivity index (χ3n) is 2.28. The fraction of sp³-hybridized carbons (Fsp3) is 0.700. The Hall–Kier alpha value is -1.43. The summed E-state index contributed by atoms with van der Waals surface area (Å²) in [7, 11) is 3.17. The van der Waals surface area contributed by atoms with Crippen LogP contribution < -0.4 is 5.32 Å². The standard InChI is InChI=1S/C10H17N3O3/c1-13-9(14)5-4-8(12-13)10(15)11-6-3-7-16-2/h3-7H2,1-2H3,(H,11,15). The van der Waals surface area contributed by atoms with Crippen molar-refractivity contribution in [2.45, 2.75) is 19.3 Å². The second kappa shape index (κ2) is 6.22. The van der Waals surface area contributed by atoms with Crippen LogP contribution in [0.4, 0.5) is 0 Å². The van der Waals surface area contributed by atoms with Crippen LogP contribution in [0.15, 0.2) is 5.10 Å². The number of nitrogens with zero attached hydrogens (tertiary/aromatic N) is 2. The van der Waals surface area contributed by atoms with Crippen LogP contribution in [-0.4, -0.2) is 49.8 Å². The van der Waals surface area contributed by atoms with Gasteiger partial charge in [-0.15, -0.1) is 0 Å². The first-order valence-corrected chi connectivity index (χ1v) is 5.26. The van der Waals surface area contributed by atoms with E-state index in [2.05, 4.69) is 10.4 Å². The molecular weight excluding hydrogens is 210 g/mol. The molecule has 0 unspecified atom stereocenters. The van der Waals surface area contributed by atoms with Crippen molar-refractivity contribution in [1.29, 1.82) is 0 Å². The molecule has 0 bridgehead atoms. The van der Waals surface area contributed by atoms with Gasteiger partial charge in [-0.05, 0) is 6.42 Å². The number of ether oxygens (including phenoxy) is 1. The molecule has 6 nitrogen and oxygen atoms in total. The Morgan fingerprint density at radius 1 is 1.56 bits per heavy atom. The maximum absolute atomic E-state index is 11.6. The summed E-state index contributed by atoms with van der Waals surface area (Å²) in [5, 5.41) is 7.87. The van der Waals surface area contributed by atoms with E-state index in [1.165, 1.54) is 5.01 Å². The van der Waals surface area contributed by atoms with Crippen molar-refractivity contribution in [3.63, 3.8) is 0 Å². The van der Waals surface area contributed by atoms with E-state index < -0.39 is 0 Å². The van der Waals surface area contributed by atoms with Crippen LogP contribution in [0.25, 0.3) is 0 Å². The van der Waals surface area contributed by atoms with Gasteiger partial charge in [-0.3, -0.25) is 9.59 Å². The predicted octanol–water partition coefficient (Wildman–Crippen LogP) is -0.253. The number of carbonyl (C=O) groups excluding carboxylic acids is 2. The summed E-state index contributed by atoms with van der Waals surface area (Å²) < 4.78 is 4.87. The third kappa shape index (κ3) is 3.62. The number of hydrazone groups is 1. The number of carbonyl (C=O) groups is 2. The molecule has 1 N–H and O–H groups in total. The van der Waals surface area contributed by atoms with Crippen molar-refractivity contribution in [3.8, 4) is 0 Å². The van der Waals surface area contributed by atoms with Crippen molar-refractivity contribution in [2.24, 2.45) is 5.10 Å². The van der Waals surface area contributed by atoms with Gasteiger partial charge >= 0.3 is 0 Å². The van der Waals surface area contributed by atoms with Crippen molar-refractivity contribution in [1.82, 2.24) is 10.3 Å². The molecule has 0 atom stereocenters. The summed E-state index contributed by atoms with van der Waals surface area (Å²) in [5.74, 6) is -0.258. The molecule has 0 aliphatic carbocycles. The number of amides is 2. The Morgan fingerprint density at radius 3 is 2.94 bits per heavy atom. The van der Waals surface area contributed by atoms with Crippen LogP contribution in [-0.2, 0) is 14.3 Å². The van der Waals surface area contributed by atoms with E-state index >= 15 is 0 Å². The fourth-order valence-corrected chi connectivity index (χ4v) is 1.35. The molecule has 16 heavy (non-hydrogen) atoms. The molecule has 1 heterocycles. The highest BCUT2D eigenvalue weighted by Gasteiger charge is 2.21. The summed E-state index contributed by atoms with van der Waals surface area (Å²) >= 11 is 0. The van der Waals surface area contributed by atoms with Crippen LogP contribution in [0.3, 0.4) is 0 Å². The van der Waals surface area contributed by atoms with Gasteiger partial charge in [-0.25, -0.2) is 5.01 Å². The van der Waals surface area contributed by atoms with E-state index in [4.69, 9.17) is 4.74 Å². The largest absolute Gasteiger partial charge is 0.385 e. The van der Waals surface area contributed by atoms with Crippen LogP contribution >= 0.6 is 0 Å². The average Bonchev–Trinajstić information content (AvgIpc) is 2.28. The SMILES string of the molecule is COCCCNC(=O)C1=NN(C)C(=O)CC1. The molecule has 0 radical (unpaired) electrons. The molecule has 0 spiro atoms. The maximum Gasteiger partial charge on any atom is 0.267 e. The van der Waals surface area contributed by atoms with Gasteiger partial charge in [0, 0.05) is 40.2 Å². The van der Waals surface area contributed by atoms with Crippen LogP contribution in [0.2, 0.25) is 0 Å². The van der Waals surface area contributed by atoms with Gasteiger partial charge in [0.15, 0.2) is 0 Å². The fourth-order valence-electron chi connectivity index (χ4n) is 1.35. The lowest BCUT2D eigenvalue weighted by Gasteiger charge is -2.18. The van der Waals surface area contributed by atoms with Gasteiger partial charge in [-0.2, -0.15) is 5.10 Å². The molecule has 0 aromatic carbocycles. The van der Waals surface area contributed by atoms with Gasteiger partial charge in [0.1, 0.15) is 5.71 Å². The van der Waals surface area contributed by atoms with E-state index in [0.717, 1.165) is 6.42 Å². The predicted molar refractivity (Wildman–Crippen MR) is 58.9 cm³/mol. The molecule has 0 fully saturated rings. The Morgan fingerprint density at radius 2 is 2.31 bits per heavy atom. The van der Waals surface area contributed by atoms with E-state index in [9.17, 15) is 9.59 Å². The van der Waals surface area contributed by atoms with Crippen molar-refractivity contribution in [2.75, 3.05) is 27.3 Å². The molecule has 1 aliphatic rings. The molecule has 90 valence electrons. The molecule has 0 saturated heterocycles. The van der Waals surface area contributed by atoms with Crippen molar-refractivity contribution >= 4 is 17.5 Å². The van der Waals surface area contributed by atoms with E-state index in [1.807, 2.05) is 0 Å². The highest BCUT2D eigenvalue weighted by Crippen LogP contribution is 2.06. The lowest BCUT2D eigenvalue weighted by atomic mass is 10.1. The molecule has 6 heteroatoms. The van der Waals surface area contributed by atoms with Crippen molar-refractivity contribution in [3.05, 3.63) is 0 Å². The molecule has 1 aliphatic heterocycles. The minimum absolute atomic E-state index is 0.0593. The second-order valence-electron chi connectivity index (χ2n) is 3.57. The number of rotatable bonds is 5. The lowest BCUT2D eigenvalue weighted by Crippen LogP contribution is -2.38. The van der Waals surface area contributed by atoms with Gasteiger partial charge in [0.05, 0.1) is 0 Å². The summed E-state index contributed by atoms with van der Waals surface area (Å²) in [5.41, 5.74) is 0.416. The van der Waals surface area contributed by atoms with Crippen LogP contribution in [0, 0.1) is 0 Å². The zero-order valence-electron chi connectivity index (χ0n) is 9.65. The van der Waals surface area contributed by atoms with Gasteiger partial charge in [0.25, 0.3) is 5.91 Å². The number of hydrogen-bond donors (Lipinski definition) is 1. The quantitative estimate of drug-likeness (QED) is 0.658. The summed E-state index contributed by atoms with van der Waals surface area (Å²) in [4.78, 5) is 22.7. The minimum Gasteiger partial charge on any atom is -0.385 e. The van der Waals surface area contributed by atoms with E-state index in [-0.39, 0.29) is 11.8 Å². The zero-order valence-corrected chi connectivity index (χ0v) is 9.65. The first-order valence-electron chi connectivity index (χ1n) is 5.26. The van der Waals surface area contributed by atoms with Crippen LogP contribution in [0.1, 0.15) is 19.3 Å². The normalized spacial score (nSPS) is 16.0. The smallest absolute Gasteiger partial charge is 0.267 e. The number of nitrogens with one attached hydrogen (secondary N) is 1. The topological polar surface area (TPSA) is 71.0 Å². The first-order chi connectivity index (χ1) is 7.65. The highest BCUT2D eigenvalue weighted by molar-refractivity contribution is 6.39. The molecule has 0 aromatic rings. The Kier molecular flexibility index (Phi) is 4.91. The molecular formula is C10H17N3O3. The Labute approximate surface area is 94.6 Å². The molecule has 0 aromatic heterocycles. The van der Waals surface area contributed by atoms with E-state index in [0.29, 0.717) is 31.7 Å². The van der Waals surface area contributed by atoms with Gasteiger partial charge in [-0.1, -0.05) is 0 Å². The maximum atomic E-state index is 11.6. The van der Waals surface area contributed by atoms with Crippen molar-refractivity contribution < 1.29 is 14.3 Å². The second-order valence-corrected chi connectivity index (χ2v) is 3.57. The summed E-state index contributed by atoms with van der Waals surface area (Å²) in [6, 6.07) is 0. The minimum atomic E-state index is -0.199. The van der Waals surface area contributed by atoms with Gasteiger partial charge < -0.3 is 10.1 Å².